The Morgan fingerprint density at radius 1 is 1.61 bits per heavy atom. The van der Waals surface area contributed by atoms with Crippen molar-refractivity contribution in [3.8, 4) is 0 Å². The van der Waals surface area contributed by atoms with E-state index in [2.05, 4.69) is 0 Å². The molecule has 0 aromatic heterocycles. The summed E-state index contributed by atoms with van der Waals surface area (Å²) in [7, 11) is 0. The second-order valence-corrected chi connectivity index (χ2v) is 6.48. The number of thioether (sulfide) groups is 1. The summed E-state index contributed by atoms with van der Waals surface area (Å²) in [6.45, 7) is 3.52. The SMILES string of the molecule is CC(C)(SCc1ccc(F)cc1Cl)[C@@H](N)C(=O)O. The number of carboxylic acids is 1. The van der Waals surface area contributed by atoms with E-state index in [0.29, 0.717) is 10.8 Å². The van der Waals surface area contributed by atoms with Crippen LogP contribution < -0.4 is 5.73 Å². The Kier molecular flexibility index (Phi) is 5.01. The molecule has 0 aliphatic rings. The smallest absolute Gasteiger partial charge is 0.321 e. The van der Waals surface area contributed by atoms with Crippen LogP contribution >= 0.6 is 23.4 Å². The highest BCUT2D eigenvalue weighted by molar-refractivity contribution is 7.99. The Labute approximate surface area is 115 Å². The summed E-state index contributed by atoms with van der Waals surface area (Å²) in [5.41, 5.74) is 6.37. The van der Waals surface area contributed by atoms with E-state index in [0.717, 1.165) is 5.56 Å². The van der Waals surface area contributed by atoms with E-state index in [1.165, 1.54) is 23.9 Å². The average Bonchev–Trinajstić information content (AvgIpc) is 2.26. The van der Waals surface area contributed by atoms with Gasteiger partial charge in [-0.1, -0.05) is 17.7 Å². The fourth-order valence-corrected chi connectivity index (χ4v) is 2.66. The van der Waals surface area contributed by atoms with E-state index in [4.69, 9.17) is 22.4 Å². The standard InChI is InChI=1S/C12H15ClFNO2S/c1-12(2,10(15)11(16)17)18-6-7-3-4-8(14)5-9(7)13/h3-5,10H,6,15H2,1-2H3,(H,16,17)/t10-/m0/s1. The van der Waals surface area contributed by atoms with Crippen LogP contribution in [-0.2, 0) is 10.5 Å². The van der Waals surface area contributed by atoms with E-state index in [-0.39, 0.29) is 0 Å². The van der Waals surface area contributed by atoms with E-state index in [9.17, 15) is 9.18 Å². The Balaban J connectivity index is 2.72. The minimum Gasteiger partial charge on any atom is -0.480 e. The van der Waals surface area contributed by atoms with E-state index in [1.54, 1.807) is 19.9 Å². The van der Waals surface area contributed by atoms with Crippen LogP contribution in [0.4, 0.5) is 4.39 Å². The van der Waals surface area contributed by atoms with Gasteiger partial charge in [-0.05, 0) is 31.5 Å². The number of rotatable bonds is 5. The summed E-state index contributed by atoms with van der Waals surface area (Å²) < 4.78 is 12.2. The summed E-state index contributed by atoms with van der Waals surface area (Å²) in [6.07, 6.45) is 0. The van der Waals surface area contributed by atoms with Crippen molar-refractivity contribution in [2.24, 2.45) is 5.73 Å². The molecule has 100 valence electrons. The van der Waals surface area contributed by atoms with Gasteiger partial charge >= 0.3 is 5.97 Å². The van der Waals surface area contributed by atoms with Crippen molar-refractivity contribution < 1.29 is 14.3 Å². The average molecular weight is 292 g/mol. The molecule has 6 heteroatoms. The van der Waals surface area contributed by atoms with Crippen LogP contribution in [0.15, 0.2) is 18.2 Å². The van der Waals surface area contributed by atoms with Crippen molar-refractivity contribution in [1.29, 1.82) is 0 Å². The van der Waals surface area contributed by atoms with Crippen LogP contribution in [0.1, 0.15) is 19.4 Å². The molecule has 0 spiro atoms. The molecule has 0 heterocycles. The maximum Gasteiger partial charge on any atom is 0.321 e. The molecule has 0 unspecified atom stereocenters. The van der Waals surface area contributed by atoms with Crippen LogP contribution in [0.5, 0.6) is 0 Å². The first-order valence-electron chi connectivity index (χ1n) is 5.30. The van der Waals surface area contributed by atoms with Crippen LogP contribution in [-0.4, -0.2) is 21.9 Å². The van der Waals surface area contributed by atoms with Crippen LogP contribution in [0.2, 0.25) is 5.02 Å². The first-order valence-corrected chi connectivity index (χ1v) is 6.66. The zero-order chi connectivity index (χ0) is 13.9. The van der Waals surface area contributed by atoms with Crippen molar-refractivity contribution >= 4 is 29.3 Å². The largest absolute Gasteiger partial charge is 0.480 e. The van der Waals surface area contributed by atoms with Gasteiger partial charge in [-0.25, -0.2) is 4.39 Å². The molecular formula is C12H15ClFNO2S. The number of hydrogen-bond donors (Lipinski definition) is 2. The lowest BCUT2D eigenvalue weighted by atomic mass is 10.1. The lowest BCUT2D eigenvalue weighted by Gasteiger charge is -2.28. The summed E-state index contributed by atoms with van der Waals surface area (Å²) >= 11 is 7.28. The van der Waals surface area contributed by atoms with Crippen molar-refractivity contribution in [2.75, 3.05) is 0 Å². The van der Waals surface area contributed by atoms with Crippen LogP contribution in [0, 0.1) is 5.82 Å². The van der Waals surface area contributed by atoms with E-state index in [1.807, 2.05) is 0 Å². The zero-order valence-corrected chi connectivity index (χ0v) is 11.7. The quantitative estimate of drug-likeness (QED) is 0.875. The summed E-state index contributed by atoms with van der Waals surface area (Å²) in [5.74, 6) is -0.958. The minimum absolute atomic E-state index is 0.335. The van der Waals surface area contributed by atoms with Crippen LogP contribution in [0.3, 0.4) is 0 Å². The van der Waals surface area contributed by atoms with Gasteiger partial charge in [-0.15, -0.1) is 11.8 Å². The fourth-order valence-electron chi connectivity index (χ4n) is 1.29. The van der Waals surface area contributed by atoms with Gasteiger partial charge in [0.2, 0.25) is 0 Å². The van der Waals surface area contributed by atoms with Gasteiger partial charge in [0.05, 0.1) is 0 Å². The van der Waals surface area contributed by atoms with Crippen molar-refractivity contribution in [2.45, 2.75) is 30.4 Å². The normalized spacial score (nSPS) is 13.4. The zero-order valence-electron chi connectivity index (χ0n) is 10.1. The Hall–Kier alpha value is -0.780. The van der Waals surface area contributed by atoms with E-state index >= 15 is 0 Å². The molecule has 0 fully saturated rings. The molecule has 0 radical (unpaired) electrons. The third-order valence-corrected chi connectivity index (χ3v) is 4.43. The van der Waals surface area contributed by atoms with Gasteiger partial charge in [-0.3, -0.25) is 4.79 Å². The third-order valence-electron chi connectivity index (χ3n) is 2.63. The maximum atomic E-state index is 12.9. The molecular weight excluding hydrogens is 277 g/mol. The molecule has 0 bridgehead atoms. The Bertz CT molecular complexity index is 454. The highest BCUT2D eigenvalue weighted by Crippen LogP contribution is 2.32. The van der Waals surface area contributed by atoms with Crippen LogP contribution in [0.25, 0.3) is 0 Å². The predicted molar refractivity (Wildman–Crippen MR) is 72.4 cm³/mol. The number of aliphatic carboxylic acids is 1. The second kappa shape index (κ2) is 5.91. The molecule has 1 aromatic carbocycles. The monoisotopic (exact) mass is 291 g/mol. The third kappa shape index (κ3) is 3.86. The van der Waals surface area contributed by atoms with Gasteiger partial charge in [0, 0.05) is 15.5 Å². The molecule has 1 atom stereocenters. The molecule has 3 N–H and O–H groups in total. The Morgan fingerprint density at radius 2 is 2.22 bits per heavy atom. The van der Waals surface area contributed by atoms with Crippen molar-refractivity contribution in [3.05, 3.63) is 34.6 Å². The number of hydrogen-bond acceptors (Lipinski definition) is 3. The lowest BCUT2D eigenvalue weighted by Crippen LogP contribution is -2.46. The second-order valence-electron chi connectivity index (χ2n) is 4.44. The van der Waals surface area contributed by atoms with Gasteiger partial charge in [0.15, 0.2) is 0 Å². The molecule has 0 saturated heterocycles. The van der Waals surface area contributed by atoms with E-state index < -0.39 is 22.6 Å². The summed E-state index contributed by atoms with van der Waals surface area (Å²) in [6, 6.07) is 3.18. The summed E-state index contributed by atoms with van der Waals surface area (Å²) in [5, 5.41) is 9.23. The van der Waals surface area contributed by atoms with Crippen molar-refractivity contribution in [1.82, 2.24) is 0 Å². The first-order chi connectivity index (χ1) is 8.24. The van der Waals surface area contributed by atoms with Crippen molar-refractivity contribution in [3.63, 3.8) is 0 Å². The molecule has 18 heavy (non-hydrogen) atoms. The molecule has 3 nitrogen and oxygen atoms in total. The topological polar surface area (TPSA) is 63.3 Å². The number of carbonyl (C=O) groups is 1. The number of benzene rings is 1. The highest BCUT2D eigenvalue weighted by atomic mass is 35.5. The molecule has 0 aliphatic heterocycles. The summed E-state index contributed by atoms with van der Waals surface area (Å²) in [4.78, 5) is 10.9. The predicted octanol–water partition coefficient (Wildman–Crippen LogP) is 2.90. The molecule has 0 amide bonds. The minimum atomic E-state index is -1.04. The Morgan fingerprint density at radius 3 is 2.72 bits per heavy atom. The fraction of sp³-hybridized carbons (Fsp3) is 0.417. The molecule has 0 aliphatic carbocycles. The van der Waals surface area contributed by atoms with Gasteiger partial charge in [-0.2, -0.15) is 0 Å². The van der Waals surface area contributed by atoms with Gasteiger partial charge < -0.3 is 10.8 Å². The first kappa shape index (κ1) is 15.3. The van der Waals surface area contributed by atoms with Gasteiger partial charge in [0.25, 0.3) is 0 Å². The number of carboxylic acid groups (broad SMARTS) is 1. The molecule has 0 saturated carbocycles. The maximum absolute atomic E-state index is 12.9. The van der Waals surface area contributed by atoms with Gasteiger partial charge in [0.1, 0.15) is 11.9 Å². The molecule has 1 rings (SSSR count). The lowest BCUT2D eigenvalue weighted by molar-refractivity contribution is -0.139. The molecule has 1 aromatic rings. The highest BCUT2D eigenvalue weighted by Gasteiger charge is 2.32. The number of halogens is 2. The number of nitrogens with two attached hydrogens (primary N) is 1.